The highest BCUT2D eigenvalue weighted by Gasteiger charge is 2.64. The number of epoxide rings is 1. The van der Waals surface area contributed by atoms with Crippen molar-refractivity contribution >= 4 is 0 Å². The molecule has 0 radical (unpaired) electrons. The van der Waals surface area contributed by atoms with Gasteiger partial charge in [0.1, 0.15) is 0 Å². The molecule has 0 aromatic carbocycles. The summed E-state index contributed by atoms with van der Waals surface area (Å²) < 4.78 is 6.97. The molecule has 4 atom stereocenters. The van der Waals surface area contributed by atoms with E-state index in [1.165, 1.54) is 4.57 Å². The van der Waals surface area contributed by atoms with Crippen LogP contribution in [0.5, 0.6) is 11.8 Å². The second-order valence-electron chi connectivity index (χ2n) is 4.55. The molecule has 4 heteroatoms. The fourth-order valence-corrected chi connectivity index (χ4v) is 3.32. The zero-order valence-corrected chi connectivity index (χ0v) is 7.77. The van der Waals surface area contributed by atoms with Crippen molar-refractivity contribution < 1.29 is 14.9 Å². The zero-order chi connectivity index (χ0) is 9.61. The molecule has 0 spiro atoms. The van der Waals surface area contributed by atoms with Crippen molar-refractivity contribution in [2.75, 3.05) is 0 Å². The van der Waals surface area contributed by atoms with Crippen LogP contribution in [-0.4, -0.2) is 27.0 Å². The molecule has 74 valence electrons. The summed E-state index contributed by atoms with van der Waals surface area (Å²) in [5.41, 5.74) is 1.88. The topological polar surface area (TPSA) is 57.9 Å². The predicted octanol–water partition coefficient (Wildman–Crippen LogP) is 0.788. The van der Waals surface area contributed by atoms with Crippen molar-refractivity contribution in [3.8, 4) is 11.8 Å². The van der Waals surface area contributed by atoms with E-state index in [1.54, 1.807) is 7.05 Å². The molecule has 2 heterocycles. The number of aromatic nitrogens is 1. The fraction of sp³-hybridized carbons (Fsp3) is 0.600. The van der Waals surface area contributed by atoms with Crippen LogP contribution in [0.1, 0.15) is 29.4 Å². The third-order valence-corrected chi connectivity index (χ3v) is 4.01. The van der Waals surface area contributed by atoms with Gasteiger partial charge in [-0.3, -0.25) is 4.57 Å². The van der Waals surface area contributed by atoms with Gasteiger partial charge in [-0.15, -0.1) is 0 Å². The van der Waals surface area contributed by atoms with Gasteiger partial charge in [-0.2, -0.15) is 0 Å². The van der Waals surface area contributed by atoms with Crippen LogP contribution in [-0.2, 0) is 11.8 Å². The summed E-state index contributed by atoms with van der Waals surface area (Å²) in [6, 6.07) is 0. The van der Waals surface area contributed by atoms with Crippen molar-refractivity contribution in [2.45, 2.75) is 30.5 Å². The molecule has 2 N–H and O–H groups in total. The molecular weight excluding hydrogens is 182 g/mol. The Morgan fingerprint density at radius 3 is 2.14 bits per heavy atom. The van der Waals surface area contributed by atoms with E-state index in [0.717, 1.165) is 17.5 Å². The maximum absolute atomic E-state index is 9.85. The number of hydrogen-bond acceptors (Lipinski definition) is 3. The van der Waals surface area contributed by atoms with E-state index in [0.29, 0.717) is 24.0 Å². The van der Waals surface area contributed by atoms with Gasteiger partial charge in [0.05, 0.1) is 12.2 Å². The Labute approximate surface area is 80.7 Å². The zero-order valence-electron chi connectivity index (χ0n) is 7.77. The second kappa shape index (κ2) is 1.80. The first kappa shape index (κ1) is 7.17. The average molecular weight is 193 g/mol. The van der Waals surface area contributed by atoms with Gasteiger partial charge in [-0.25, -0.2) is 0 Å². The number of hydrogen-bond donors (Lipinski definition) is 2. The first-order chi connectivity index (χ1) is 6.70. The summed E-state index contributed by atoms with van der Waals surface area (Å²) >= 11 is 0. The summed E-state index contributed by atoms with van der Waals surface area (Å²) in [4.78, 5) is 0. The number of fused-ring (bicyclic) bond motifs is 8. The van der Waals surface area contributed by atoms with Crippen LogP contribution in [0.25, 0.3) is 0 Å². The second-order valence-corrected chi connectivity index (χ2v) is 4.55. The van der Waals surface area contributed by atoms with Crippen molar-refractivity contribution in [3.63, 3.8) is 0 Å². The van der Waals surface area contributed by atoms with Gasteiger partial charge < -0.3 is 14.9 Å². The van der Waals surface area contributed by atoms with Gasteiger partial charge in [0.25, 0.3) is 0 Å². The molecule has 4 rings (SSSR count). The Balaban J connectivity index is 2.04. The number of rotatable bonds is 0. The summed E-state index contributed by atoms with van der Waals surface area (Å²) in [5, 5.41) is 19.7. The average Bonchev–Trinajstić information content (AvgIpc) is 2.74. The third-order valence-electron chi connectivity index (χ3n) is 4.01. The number of ether oxygens (including phenoxy) is 1. The van der Waals surface area contributed by atoms with E-state index in [1.807, 2.05) is 0 Å². The van der Waals surface area contributed by atoms with E-state index >= 15 is 0 Å². The van der Waals surface area contributed by atoms with Crippen LogP contribution in [0, 0.1) is 0 Å². The Hall–Kier alpha value is -1.16. The lowest BCUT2D eigenvalue weighted by Crippen LogP contribution is -2.04. The minimum atomic E-state index is 0.221. The van der Waals surface area contributed by atoms with Crippen LogP contribution in [0.3, 0.4) is 0 Å². The first-order valence-corrected chi connectivity index (χ1v) is 4.96. The van der Waals surface area contributed by atoms with E-state index in [-0.39, 0.29) is 11.8 Å². The Bertz CT molecular complexity index is 413. The maximum Gasteiger partial charge on any atom is 0.197 e. The normalized spacial score (nSPS) is 41.2. The molecule has 2 fully saturated rings. The van der Waals surface area contributed by atoms with Crippen LogP contribution in [0.2, 0.25) is 0 Å². The van der Waals surface area contributed by atoms with Crippen molar-refractivity contribution in [1.82, 2.24) is 4.57 Å². The molecule has 14 heavy (non-hydrogen) atoms. The minimum absolute atomic E-state index is 0.221. The van der Waals surface area contributed by atoms with E-state index < -0.39 is 0 Å². The molecule has 1 aliphatic heterocycles. The maximum atomic E-state index is 9.85. The highest BCUT2D eigenvalue weighted by molar-refractivity contribution is 5.58. The monoisotopic (exact) mass is 193 g/mol. The van der Waals surface area contributed by atoms with Gasteiger partial charge >= 0.3 is 0 Å². The standard InChI is InChI=1S/C10H11NO3/c1-11-9(12)5-3-2-4(6(5)10(11)13)8-7(3)14-8/h3-4,7-8,12-13H,2H2,1H3. The molecule has 1 aromatic heterocycles. The van der Waals surface area contributed by atoms with Crippen molar-refractivity contribution in [2.24, 2.45) is 7.05 Å². The summed E-state index contributed by atoms with van der Waals surface area (Å²) in [5.74, 6) is 1.09. The summed E-state index contributed by atoms with van der Waals surface area (Å²) in [6.45, 7) is 0. The fourth-order valence-electron chi connectivity index (χ4n) is 3.32. The van der Waals surface area contributed by atoms with Gasteiger partial charge in [-0.05, 0) is 6.42 Å². The number of aromatic hydroxyl groups is 2. The van der Waals surface area contributed by atoms with Crippen molar-refractivity contribution in [1.29, 1.82) is 0 Å². The molecule has 2 bridgehead atoms. The van der Waals surface area contributed by atoms with Crippen LogP contribution in [0.4, 0.5) is 0 Å². The lowest BCUT2D eigenvalue weighted by Gasteiger charge is -2.05. The van der Waals surface area contributed by atoms with Gasteiger partial charge in [0.15, 0.2) is 11.8 Å². The lowest BCUT2D eigenvalue weighted by atomic mass is 9.95. The van der Waals surface area contributed by atoms with E-state index in [2.05, 4.69) is 0 Å². The molecular formula is C10H11NO3. The smallest absolute Gasteiger partial charge is 0.197 e. The van der Waals surface area contributed by atoms with Crippen LogP contribution >= 0.6 is 0 Å². The van der Waals surface area contributed by atoms with Gasteiger partial charge in [0, 0.05) is 30.0 Å². The quantitative estimate of drug-likeness (QED) is 0.599. The molecule has 1 saturated carbocycles. The Morgan fingerprint density at radius 1 is 1.14 bits per heavy atom. The molecule has 1 saturated heterocycles. The Morgan fingerprint density at radius 2 is 1.64 bits per heavy atom. The molecule has 1 aromatic rings. The molecule has 3 aliphatic rings. The largest absolute Gasteiger partial charge is 0.494 e. The molecule has 2 aliphatic carbocycles. The van der Waals surface area contributed by atoms with Crippen molar-refractivity contribution in [3.05, 3.63) is 11.1 Å². The number of nitrogens with zero attached hydrogens (tertiary/aromatic N) is 1. The summed E-state index contributed by atoms with van der Waals surface area (Å²) in [7, 11) is 1.69. The highest BCUT2D eigenvalue weighted by Crippen LogP contribution is 2.66. The first-order valence-electron chi connectivity index (χ1n) is 4.96. The van der Waals surface area contributed by atoms with E-state index in [4.69, 9.17) is 4.74 Å². The van der Waals surface area contributed by atoms with Gasteiger partial charge in [-0.1, -0.05) is 0 Å². The Kier molecular flexibility index (Phi) is 0.920. The molecule has 4 unspecified atom stereocenters. The van der Waals surface area contributed by atoms with Crippen LogP contribution in [0.15, 0.2) is 0 Å². The third kappa shape index (κ3) is 0.522. The predicted molar refractivity (Wildman–Crippen MR) is 47.5 cm³/mol. The SMILES string of the molecule is Cn1c(O)c2c(c1O)C1CC2C2OC12. The minimum Gasteiger partial charge on any atom is -0.494 e. The van der Waals surface area contributed by atoms with Gasteiger partial charge in [0.2, 0.25) is 0 Å². The van der Waals surface area contributed by atoms with E-state index in [9.17, 15) is 10.2 Å². The van der Waals surface area contributed by atoms with Crippen LogP contribution < -0.4 is 0 Å². The lowest BCUT2D eigenvalue weighted by molar-refractivity contribution is 0.289. The molecule has 4 nitrogen and oxygen atoms in total. The highest BCUT2D eigenvalue weighted by atomic mass is 16.6. The summed E-state index contributed by atoms with van der Waals surface area (Å²) in [6.07, 6.45) is 1.68. The molecule has 0 amide bonds.